The zero-order valence-electron chi connectivity index (χ0n) is 18.0. The first kappa shape index (κ1) is 22.9. The Kier molecular flexibility index (Phi) is 6.49. The zero-order chi connectivity index (χ0) is 22.9. The molecule has 0 aliphatic heterocycles. The fourth-order valence-corrected chi connectivity index (χ4v) is 6.03. The lowest BCUT2D eigenvalue weighted by Gasteiger charge is -2.20. The highest BCUT2D eigenvalue weighted by molar-refractivity contribution is 7.89. The van der Waals surface area contributed by atoms with Crippen molar-refractivity contribution in [1.29, 1.82) is 0 Å². The number of hydrogen-bond acceptors (Lipinski definition) is 6. The van der Waals surface area contributed by atoms with Crippen LogP contribution < -0.4 is 5.32 Å². The van der Waals surface area contributed by atoms with E-state index in [1.807, 2.05) is 19.1 Å². The molecule has 0 spiro atoms. The van der Waals surface area contributed by atoms with Gasteiger partial charge in [0.05, 0.1) is 18.6 Å². The smallest absolute Gasteiger partial charge is 0.348 e. The monoisotopic (exact) mass is 460 g/mol. The first-order chi connectivity index (χ1) is 14.5. The molecule has 2 aromatic carbocycles. The second kappa shape index (κ2) is 8.78. The molecule has 0 fully saturated rings. The van der Waals surface area contributed by atoms with Gasteiger partial charge in [-0.25, -0.2) is 13.2 Å². The van der Waals surface area contributed by atoms with E-state index in [1.165, 1.54) is 25.5 Å². The summed E-state index contributed by atoms with van der Waals surface area (Å²) >= 11 is 1.30. The molecule has 1 aromatic heterocycles. The van der Waals surface area contributed by atoms with E-state index < -0.39 is 21.9 Å². The number of ether oxygens (including phenoxy) is 1. The maximum Gasteiger partial charge on any atom is 0.348 e. The molecule has 0 saturated heterocycles. The number of carbonyl (C=O) groups excluding carboxylic acids is 2. The standard InChI is InChI=1S/C22H24N2O5S2/c1-13-8-14(2)21(15(3)9-13)31(27,28)24(4)12-20(25)23-17-6-7-18-16(10-17)11-19(30-18)22(26)29-5/h6-11H,12H2,1-5H3,(H,23,25). The highest BCUT2D eigenvalue weighted by Crippen LogP contribution is 2.29. The number of benzene rings is 2. The maximum absolute atomic E-state index is 13.0. The van der Waals surface area contributed by atoms with Crippen LogP contribution in [0.5, 0.6) is 0 Å². The van der Waals surface area contributed by atoms with Gasteiger partial charge >= 0.3 is 5.97 Å². The van der Waals surface area contributed by atoms with Crippen LogP contribution in [0, 0.1) is 20.8 Å². The fourth-order valence-electron chi connectivity index (χ4n) is 3.54. The second-order valence-electron chi connectivity index (χ2n) is 7.39. The maximum atomic E-state index is 13.0. The van der Waals surface area contributed by atoms with Gasteiger partial charge < -0.3 is 10.1 Å². The number of methoxy groups -OCH3 is 1. The predicted octanol–water partition coefficient (Wildman–Crippen LogP) is 3.87. The summed E-state index contributed by atoms with van der Waals surface area (Å²) < 4.78 is 32.8. The molecule has 1 amide bonds. The van der Waals surface area contributed by atoms with Crippen LogP contribution in [-0.4, -0.2) is 45.3 Å². The van der Waals surface area contributed by atoms with Gasteiger partial charge in [0.1, 0.15) is 4.88 Å². The van der Waals surface area contributed by atoms with Gasteiger partial charge in [-0.1, -0.05) is 17.7 Å². The predicted molar refractivity (Wildman–Crippen MR) is 122 cm³/mol. The van der Waals surface area contributed by atoms with E-state index in [1.54, 1.807) is 38.1 Å². The van der Waals surface area contributed by atoms with Crippen LogP contribution in [0.4, 0.5) is 5.69 Å². The molecule has 1 heterocycles. The summed E-state index contributed by atoms with van der Waals surface area (Å²) in [6, 6.07) is 10.6. The summed E-state index contributed by atoms with van der Waals surface area (Å²) in [6.07, 6.45) is 0. The largest absolute Gasteiger partial charge is 0.465 e. The lowest BCUT2D eigenvalue weighted by atomic mass is 10.1. The number of thiophene rings is 1. The van der Waals surface area contributed by atoms with Gasteiger partial charge in [-0.15, -0.1) is 11.3 Å². The number of rotatable bonds is 6. The third-order valence-corrected chi connectivity index (χ3v) is 8.03. The van der Waals surface area contributed by atoms with Crippen LogP contribution in [0.3, 0.4) is 0 Å². The van der Waals surface area contributed by atoms with Crippen LogP contribution in [-0.2, 0) is 19.6 Å². The Hall–Kier alpha value is -2.75. The first-order valence-electron chi connectivity index (χ1n) is 9.49. The summed E-state index contributed by atoms with van der Waals surface area (Å²) in [5.74, 6) is -0.878. The molecule has 9 heteroatoms. The highest BCUT2D eigenvalue weighted by Gasteiger charge is 2.26. The summed E-state index contributed by atoms with van der Waals surface area (Å²) in [6.45, 7) is 5.08. The zero-order valence-corrected chi connectivity index (χ0v) is 19.6. The van der Waals surface area contributed by atoms with E-state index in [9.17, 15) is 18.0 Å². The van der Waals surface area contributed by atoms with E-state index in [2.05, 4.69) is 5.32 Å². The fraction of sp³-hybridized carbons (Fsp3) is 0.273. The Morgan fingerprint density at radius 1 is 1.06 bits per heavy atom. The van der Waals surface area contributed by atoms with Crippen LogP contribution in [0.2, 0.25) is 0 Å². The van der Waals surface area contributed by atoms with Crippen molar-refractivity contribution in [3.63, 3.8) is 0 Å². The Balaban J connectivity index is 1.76. The Bertz CT molecular complexity index is 1260. The minimum Gasteiger partial charge on any atom is -0.465 e. The van der Waals surface area contributed by atoms with Gasteiger partial charge in [0.15, 0.2) is 0 Å². The van der Waals surface area contributed by atoms with Crippen molar-refractivity contribution in [2.45, 2.75) is 25.7 Å². The Labute approximate surface area is 185 Å². The van der Waals surface area contributed by atoms with Crippen LogP contribution in [0.1, 0.15) is 26.4 Å². The number of carbonyl (C=O) groups is 2. The summed E-state index contributed by atoms with van der Waals surface area (Å²) in [7, 11) is -1.12. The summed E-state index contributed by atoms with van der Waals surface area (Å²) in [5, 5.41) is 3.51. The minimum atomic E-state index is -3.83. The van der Waals surface area contributed by atoms with E-state index in [-0.39, 0.29) is 11.4 Å². The lowest BCUT2D eigenvalue weighted by molar-refractivity contribution is -0.116. The minimum absolute atomic E-state index is 0.225. The van der Waals surface area contributed by atoms with Gasteiger partial charge in [-0.3, -0.25) is 4.79 Å². The van der Waals surface area contributed by atoms with Crippen molar-refractivity contribution < 1.29 is 22.7 Å². The van der Waals surface area contributed by atoms with Gasteiger partial charge in [0.2, 0.25) is 15.9 Å². The number of sulfonamides is 1. The molecule has 3 aromatic rings. The quantitative estimate of drug-likeness (QED) is 0.564. The number of hydrogen-bond donors (Lipinski definition) is 1. The third-order valence-electron chi connectivity index (χ3n) is 4.83. The summed E-state index contributed by atoms with van der Waals surface area (Å²) in [5.41, 5.74) is 2.79. The number of esters is 1. The molecular weight excluding hydrogens is 436 g/mol. The number of likely N-dealkylation sites (N-methyl/N-ethyl adjacent to an activating group) is 1. The molecule has 1 N–H and O–H groups in total. The molecule has 0 saturated carbocycles. The second-order valence-corrected chi connectivity index (χ2v) is 10.5. The average Bonchev–Trinajstić information content (AvgIpc) is 3.09. The van der Waals surface area contributed by atoms with Crippen molar-refractivity contribution in [2.24, 2.45) is 0 Å². The normalized spacial score (nSPS) is 11.7. The SMILES string of the molecule is COC(=O)c1cc2cc(NC(=O)CN(C)S(=O)(=O)c3c(C)cc(C)cc3C)ccc2s1. The van der Waals surface area contributed by atoms with Crippen LogP contribution in [0.25, 0.3) is 10.1 Å². The number of amides is 1. The molecule has 0 aliphatic carbocycles. The number of nitrogens with one attached hydrogen (secondary N) is 1. The number of anilines is 1. The van der Waals surface area contributed by atoms with Gasteiger partial charge in [0.25, 0.3) is 0 Å². The third kappa shape index (κ3) is 4.79. The van der Waals surface area contributed by atoms with Gasteiger partial charge in [-0.05, 0) is 61.5 Å². The topological polar surface area (TPSA) is 92.8 Å². The molecule has 0 aliphatic rings. The van der Waals surface area contributed by atoms with E-state index in [0.717, 1.165) is 20.0 Å². The Morgan fingerprint density at radius 3 is 2.32 bits per heavy atom. The number of aryl methyl sites for hydroxylation is 3. The molecule has 0 radical (unpaired) electrons. The van der Waals surface area contributed by atoms with E-state index in [4.69, 9.17) is 4.74 Å². The van der Waals surface area contributed by atoms with Crippen molar-refractivity contribution in [1.82, 2.24) is 4.31 Å². The molecule has 0 unspecified atom stereocenters. The van der Waals surface area contributed by atoms with E-state index >= 15 is 0 Å². The van der Waals surface area contributed by atoms with E-state index in [0.29, 0.717) is 21.7 Å². The van der Waals surface area contributed by atoms with Crippen LogP contribution in [0.15, 0.2) is 41.3 Å². The Morgan fingerprint density at radius 2 is 1.71 bits per heavy atom. The molecule has 0 bridgehead atoms. The van der Waals surface area contributed by atoms with Gasteiger partial charge in [-0.2, -0.15) is 4.31 Å². The number of fused-ring (bicyclic) bond motifs is 1. The van der Waals surface area contributed by atoms with Crippen molar-refractivity contribution in [3.05, 3.63) is 58.0 Å². The lowest BCUT2D eigenvalue weighted by Crippen LogP contribution is -2.35. The highest BCUT2D eigenvalue weighted by atomic mass is 32.2. The van der Waals surface area contributed by atoms with Gasteiger partial charge in [0, 0.05) is 17.4 Å². The summed E-state index contributed by atoms with van der Waals surface area (Å²) in [4.78, 5) is 24.9. The van der Waals surface area contributed by atoms with Crippen LogP contribution >= 0.6 is 11.3 Å². The molecule has 3 rings (SSSR count). The molecular formula is C22H24N2O5S2. The average molecular weight is 461 g/mol. The number of nitrogens with zero attached hydrogens (tertiary/aromatic N) is 1. The molecule has 0 atom stereocenters. The van der Waals surface area contributed by atoms with Crippen molar-refractivity contribution >= 4 is 49.0 Å². The van der Waals surface area contributed by atoms with Crippen molar-refractivity contribution in [2.75, 3.05) is 26.0 Å². The molecule has 31 heavy (non-hydrogen) atoms. The molecule has 164 valence electrons. The molecule has 7 nitrogen and oxygen atoms in total. The first-order valence-corrected chi connectivity index (χ1v) is 11.7. The van der Waals surface area contributed by atoms with Crippen molar-refractivity contribution in [3.8, 4) is 0 Å².